The lowest BCUT2D eigenvalue weighted by molar-refractivity contribution is -0.153. The molecule has 2 aromatic rings. The van der Waals surface area contributed by atoms with Crippen molar-refractivity contribution in [2.24, 2.45) is 4.99 Å². The third kappa shape index (κ3) is 6.27. The van der Waals surface area contributed by atoms with E-state index in [1.54, 1.807) is 12.3 Å². The first-order valence-corrected chi connectivity index (χ1v) is 9.25. The quantitative estimate of drug-likeness (QED) is 0.638. The number of aromatic nitrogens is 1. The summed E-state index contributed by atoms with van der Waals surface area (Å²) in [6.45, 7) is 1.19. The number of allylic oxidation sites excluding steroid dienone is 1. The largest absolute Gasteiger partial charge is 0.483 e. The number of pyridine rings is 1. The van der Waals surface area contributed by atoms with Crippen molar-refractivity contribution < 1.29 is 22.7 Å². The lowest BCUT2D eigenvalue weighted by atomic mass is 9.96. The van der Waals surface area contributed by atoms with Crippen molar-refractivity contribution in [1.82, 2.24) is 4.98 Å². The van der Waals surface area contributed by atoms with E-state index >= 15 is 0 Å². The van der Waals surface area contributed by atoms with Gasteiger partial charge >= 0.3 is 6.18 Å². The van der Waals surface area contributed by atoms with Crippen molar-refractivity contribution in [2.45, 2.75) is 31.9 Å². The first kappa shape index (κ1) is 20.8. The number of ether oxygens (including phenoxy) is 1. The second kappa shape index (κ2) is 9.03. The predicted molar refractivity (Wildman–Crippen MR) is 105 cm³/mol. The van der Waals surface area contributed by atoms with Crippen LogP contribution in [0.5, 0.6) is 5.75 Å². The molecular formula is C22H21F3N2O2. The number of carbonyl (C=O) groups is 1. The fourth-order valence-electron chi connectivity index (χ4n) is 3.05. The summed E-state index contributed by atoms with van der Waals surface area (Å²) in [6, 6.07) is 10.9. The highest BCUT2D eigenvalue weighted by molar-refractivity contribution is 5.89. The van der Waals surface area contributed by atoms with Crippen molar-refractivity contribution in [2.75, 3.05) is 13.2 Å². The van der Waals surface area contributed by atoms with Crippen molar-refractivity contribution in [3.05, 3.63) is 65.5 Å². The van der Waals surface area contributed by atoms with Gasteiger partial charge in [0, 0.05) is 30.7 Å². The zero-order chi connectivity index (χ0) is 20.9. The molecule has 0 saturated carbocycles. The van der Waals surface area contributed by atoms with E-state index in [4.69, 9.17) is 0 Å². The van der Waals surface area contributed by atoms with Crippen LogP contribution in [0.25, 0.3) is 5.57 Å². The third-order valence-corrected chi connectivity index (χ3v) is 4.57. The molecule has 2 heterocycles. The summed E-state index contributed by atoms with van der Waals surface area (Å²) in [6.07, 6.45) is 1.26. The highest BCUT2D eigenvalue weighted by Crippen LogP contribution is 2.23. The molecule has 1 aromatic heterocycles. The zero-order valence-corrected chi connectivity index (χ0v) is 15.9. The van der Waals surface area contributed by atoms with Gasteiger partial charge in [-0.15, -0.1) is 0 Å². The van der Waals surface area contributed by atoms with E-state index in [9.17, 15) is 18.0 Å². The minimum atomic E-state index is -4.39. The Balaban J connectivity index is 1.51. The molecule has 0 amide bonds. The van der Waals surface area contributed by atoms with E-state index in [-0.39, 0.29) is 17.5 Å². The van der Waals surface area contributed by atoms with E-state index in [1.165, 1.54) is 12.3 Å². The summed E-state index contributed by atoms with van der Waals surface area (Å²) in [5.41, 5.74) is 3.84. The third-order valence-electron chi connectivity index (χ3n) is 4.57. The van der Waals surface area contributed by atoms with Gasteiger partial charge in [-0.1, -0.05) is 31.2 Å². The summed E-state index contributed by atoms with van der Waals surface area (Å²) >= 11 is 0. The Labute approximate surface area is 167 Å². The number of aliphatic imine (C=N–C) groups is 1. The molecule has 0 radical (unpaired) electrons. The molecule has 3 rings (SSSR count). The predicted octanol–water partition coefficient (Wildman–Crippen LogP) is 4.80. The highest BCUT2D eigenvalue weighted by Gasteiger charge is 2.28. The number of nitrogens with zero attached hydrogens (tertiary/aromatic N) is 2. The van der Waals surface area contributed by atoms with Gasteiger partial charge in [0.1, 0.15) is 11.5 Å². The minimum Gasteiger partial charge on any atom is -0.483 e. The molecule has 152 valence electrons. The normalized spacial score (nSPS) is 14.6. The van der Waals surface area contributed by atoms with Crippen LogP contribution in [0.15, 0.2) is 53.7 Å². The Morgan fingerprint density at radius 1 is 1.17 bits per heavy atom. The number of halogens is 3. The van der Waals surface area contributed by atoms with E-state index < -0.39 is 12.8 Å². The lowest BCUT2D eigenvalue weighted by Crippen LogP contribution is -2.19. The summed E-state index contributed by atoms with van der Waals surface area (Å²) in [5, 5.41) is 0. The van der Waals surface area contributed by atoms with Crippen molar-refractivity contribution in [3.8, 4) is 5.75 Å². The SMILES string of the molecule is C[C@@H](CC(=O)Cc1ccc(C2=CC=NC2)cc1)c1ccc(OCC(F)(F)F)cn1. The fourth-order valence-corrected chi connectivity index (χ4v) is 3.05. The maximum absolute atomic E-state index is 12.4. The maximum atomic E-state index is 12.4. The van der Waals surface area contributed by atoms with Crippen LogP contribution in [0.4, 0.5) is 13.2 Å². The summed E-state index contributed by atoms with van der Waals surface area (Å²) in [7, 11) is 0. The van der Waals surface area contributed by atoms with E-state index in [2.05, 4.69) is 14.7 Å². The topological polar surface area (TPSA) is 51.5 Å². The minimum absolute atomic E-state index is 0.0486. The Morgan fingerprint density at radius 2 is 1.93 bits per heavy atom. The second-order valence-electron chi connectivity index (χ2n) is 7.02. The number of benzene rings is 1. The van der Waals surface area contributed by atoms with Gasteiger partial charge in [0.05, 0.1) is 12.7 Å². The van der Waals surface area contributed by atoms with Gasteiger partial charge in [-0.2, -0.15) is 13.2 Å². The van der Waals surface area contributed by atoms with E-state index in [0.717, 1.165) is 16.7 Å². The molecular weight excluding hydrogens is 381 g/mol. The Kier molecular flexibility index (Phi) is 6.46. The molecule has 0 saturated heterocycles. The first-order valence-electron chi connectivity index (χ1n) is 9.25. The Bertz CT molecular complexity index is 901. The standard InChI is InChI=1S/C22H21F3N2O2/c1-15(21-7-6-20(13-27-21)29-14-22(23,24)25)10-19(28)11-16-2-4-17(5-3-16)18-8-9-26-12-18/h2-9,13,15H,10-12,14H2,1H3/t15-/m0/s1. The van der Waals surface area contributed by atoms with Gasteiger partial charge in [-0.25, -0.2) is 0 Å². The van der Waals surface area contributed by atoms with Crippen LogP contribution in [0, 0.1) is 0 Å². The van der Waals surface area contributed by atoms with Crippen LogP contribution in [-0.4, -0.2) is 36.3 Å². The van der Waals surface area contributed by atoms with Crippen molar-refractivity contribution in [3.63, 3.8) is 0 Å². The number of ketones is 1. The van der Waals surface area contributed by atoms with Gasteiger partial charge in [0.2, 0.25) is 0 Å². The van der Waals surface area contributed by atoms with Crippen LogP contribution < -0.4 is 4.74 Å². The molecule has 29 heavy (non-hydrogen) atoms. The van der Waals surface area contributed by atoms with Crippen LogP contribution >= 0.6 is 0 Å². The Hall–Kier alpha value is -2.96. The number of rotatable bonds is 8. The molecule has 0 N–H and O–H groups in total. The molecule has 1 atom stereocenters. The maximum Gasteiger partial charge on any atom is 0.422 e. The second-order valence-corrected chi connectivity index (χ2v) is 7.02. The van der Waals surface area contributed by atoms with Crippen molar-refractivity contribution in [1.29, 1.82) is 0 Å². The number of hydrogen-bond acceptors (Lipinski definition) is 4. The van der Waals surface area contributed by atoms with Gasteiger partial charge in [-0.05, 0) is 34.9 Å². The van der Waals surface area contributed by atoms with Crippen LogP contribution in [0.3, 0.4) is 0 Å². The van der Waals surface area contributed by atoms with E-state index in [1.807, 2.05) is 37.3 Å². The molecule has 0 spiro atoms. The summed E-state index contributed by atoms with van der Waals surface area (Å²) < 4.78 is 41.2. The van der Waals surface area contributed by atoms with Gasteiger partial charge < -0.3 is 4.74 Å². The molecule has 7 heteroatoms. The Morgan fingerprint density at radius 3 is 2.52 bits per heavy atom. The molecule has 0 bridgehead atoms. The fraction of sp³-hybridized carbons (Fsp3) is 0.318. The summed E-state index contributed by atoms with van der Waals surface area (Å²) in [4.78, 5) is 20.7. The average Bonchev–Trinajstić information content (AvgIpc) is 3.21. The van der Waals surface area contributed by atoms with Crippen LogP contribution in [0.1, 0.15) is 36.1 Å². The molecule has 4 nitrogen and oxygen atoms in total. The van der Waals surface area contributed by atoms with Gasteiger partial charge in [-0.3, -0.25) is 14.8 Å². The monoisotopic (exact) mass is 402 g/mol. The van der Waals surface area contributed by atoms with Crippen LogP contribution in [0.2, 0.25) is 0 Å². The van der Waals surface area contributed by atoms with Gasteiger partial charge in [0.25, 0.3) is 0 Å². The van der Waals surface area contributed by atoms with Crippen LogP contribution in [-0.2, 0) is 11.2 Å². The zero-order valence-electron chi connectivity index (χ0n) is 15.9. The smallest absolute Gasteiger partial charge is 0.422 e. The van der Waals surface area contributed by atoms with Crippen molar-refractivity contribution >= 4 is 17.6 Å². The molecule has 0 fully saturated rings. The lowest BCUT2D eigenvalue weighted by Gasteiger charge is -2.12. The molecule has 1 aromatic carbocycles. The number of hydrogen-bond donors (Lipinski definition) is 0. The highest BCUT2D eigenvalue weighted by atomic mass is 19.4. The molecule has 0 unspecified atom stereocenters. The molecule has 1 aliphatic rings. The number of carbonyl (C=O) groups excluding carboxylic acids is 1. The summed E-state index contributed by atoms with van der Waals surface area (Å²) in [5.74, 6) is -0.0143. The number of alkyl halides is 3. The van der Waals surface area contributed by atoms with Gasteiger partial charge in [0.15, 0.2) is 6.61 Å². The first-order chi connectivity index (χ1) is 13.8. The number of Topliss-reactive ketones (excluding diaryl/α,β-unsaturated/α-hetero) is 1. The molecule has 0 aliphatic carbocycles. The van der Waals surface area contributed by atoms with E-state index in [0.29, 0.717) is 25.1 Å². The molecule has 1 aliphatic heterocycles. The average molecular weight is 402 g/mol.